The lowest BCUT2D eigenvalue weighted by molar-refractivity contribution is 0.670. The number of nitrogens with zero attached hydrogens (tertiary/aromatic N) is 1. The molecule has 0 fully saturated rings. The minimum Gasteiger partial charge on any atom is -0.455 e. The SMILES string of the molecule is c1ccc(-c2cccc(N(c3cccc(-c4cccc5c4oc4ccccc45)c3)c3ccc4c(c3)c(-c3ccccc3)c(-c3ccccc3)c3ccccc34)c2)cc1. The zero-order valence-corrected chi connectivity index (χ0v) is 31.7. The standard InChI is InChI=1S/C56H37NO/c1-4-17-38(18-5-1)41-23-14-25-43(35-41)57(44-26-15-24-42(36-44)46-30-16-31-51-49-28-12-13-32-53(49)58-56(46)51)45-33-34-48-47-27-10-11-29-50(47)54(39-19-6-2-7-20-39)55(52(48)37-45)40-21-8-3-9-22-40/h1-37H. The molecule has 58 heavy (non-hydrogen) atoms. The number of para-hydroxylation sites is 2. The Balaban J connectivity index is 1.18. The van der Waals surface area contributed by atoms with Crippen molar-refractivity contribution in [2.24, 2.45) is 0 Å². The molecule has 11 aromatic rings. The van der Waals surface area contributed by atoms with Crippen LogP contribution in [-0.4, -0.2) is 0 Å². The molecule has 2 nitrogen and oxygen atoms in total. The highest BCUT2D eigenvalue weighted by Crippen LogP contribution is 2.47. The molecule has 0 spiro atoms. The van der Waals surface area contributed by atoms with Crippen molar-refractivity contribution < 1.29 is 4.42 Å². The lowest BCUT2D eigenvalue weighted by atomic mass is 9.85. The number of benzene rings is 10. The van der Waals surface area contributed by atoms with Crippen LogP contribution < -0.4 is 4.90 Å². The maximum atomic E-state index is 6.54. The second-order valence-electron chi connectivity index (χ2n) is 14.8. The first-order valence-electron chi connectivity index (χ1n) is 19.8. The van der Waals surface area contributed by atoms with Crippen LogP contribution in [0.15, 0.2) is 229 Å². The van der Waals surface area contributed by atoms with E-state index in [1.165, 1.54) is 49.4 Å². The van der Waals surface area contributed by atoms with Crippen molar-refractivity contribution in [2.45, 2.75) is 0 Å². The highest BCUT2D eigenvalue weighted by molar-refractivity contribution is 6.22. The fourth-order valence-corrected chi connectivity index (χ4v) is 8.82. The van der Waals surface area contributed by atoms with Crippen LogP contribution in [0.25, 0.3) is 88.0 Å². The van der Waals surface area contributed by atoms with Crippen molar-refractivity contribution in [1.82, 2.24) is 0 Å². The smallest absolute Gasteiger partial charge is 0.143 e. The molecule has 0 amide bonds. The quantitative estimate of drug-likeness (QED) is 0.151. The van der Waals surface area contributed by atoms with Gasteiger partial charge in [0.05, 0.1) is 0 Å². The Labute approximate surface area is 337 Å². The highest BCUT2D eigenvalue weighted by atomic mass is 16.3. The fourth-order valence-electron chi connectivity index (χ4n) is 8.82. The minimum atomic E-state index is 0.897. The van der Waals surface area contributed by atoms with E-state index in [4.69, 9.17) is 4.42 Å². The molecule has 0 aliphatic rings. The van der Waals surface area contributed by atoms with E-state index in [1.54, 1.807) is 0 Å². The van der Waals surface area contributed by atoms with Crippen molar-refractivity contribution in [3.05, 3.63) is 224 Å². The molecular formula is C56H37NO. The number of rotatable bonds is 7. The molecule has 0 N–H and O–H groups in total. The average molecular weight is 740 g/mol. The Morgan fingerprint density at radius 1 is 0.276 bits per heavy atom. The van der Waals surface area contributed by atoms with Crippen molar-refractivity contribution in [3.8, 4) is 44.5 Å². The summed E-state index contributed by atoms with van der Waals surface area (Å²) in [5.41, 5.74) is 14.4. The molecular weight excluding hydrogens is 703 g/mol. The van der Waals surface area contributed by atoms with Gasteiger partial charge in [0.2, 0.25) is 0 Å². The molecule has 0 bridgehead atoms. The lowest BCUT2D eigenvalue weighted by Gasteiger charge is -2.28. The van der Waals surface area contributed by atoms with Crippen molar-refractivity contribution in [1.29, 1.82) is 0 Å². The topological polar surface area (TPSA) is 16.4 Å². The molecule has 11 rings (SSSR count). The lowest BCUT2D eigenvalue weighted by Crippen LogP contribution is -2.10. The van der Waals surface area contributed by atoms with Gasteiger partial charge in [-0.3, -0.25) is 0 Å². The van der Waals surface area contributed by atoms with Crippen LogP contribution in [0.3, 0.4) is 0 Å². The van der Waals surface area contributed by atoms with Crippen LogP contribution in [0.5, 0.6) is 0 Å². The number of hydrogen-bond acceptors (Lipinski definition) is 2. The zero-order chi connectivity index (χ0) is 38.4. The highest BCUT2D eigenvalue weighted by Gasteiger charge is 2.21. The van der Waals surface area contributed by atoms with E-state index in [2.05, 4.69) is 217 Å². The maximum Gasteiger partial charge on any atom is 0.143 e. The normalized spacial score (nSPS) is 11.4. The van der Waals surface area contributed by atoms with Crippen LogP contribution in [0, 0.1) is 0 Å². The summed E-state index contributed by atoms with van der Waals surface area (Å²) in [5.74, 6) is 0. The molecule has 1 heterocycles. The average Bonchev–Trinajstić information content (AvgIpc) is 3.69. The van der Waals surface area contributed by atoms with Gasteiger partial charge < -0.3 is 9.32 Å². The van der Waals surface area contributed by atoms with Crippen molar-refractivity contribution >= 4 is 60.5 Å². The van der Waals surface area contributed by atoms with E-state index in [0.29, 0.717) is 0 Å². The molecule has 10 aromatic carbocycles. The number of fused-ring (bicyclic) bond motifs is 6. The molecule has 0 radical (unpaired) electrons. The summed E-state index contributed by atoms with van der Waals surface area (Å²) in [6.07, 6.45) is 0. The molecule has 1 aromatic heterocycles. The first kappa shape index (κ1) is 33.6. The Morgan fingerprint density at radius 2 is 0.759 bits per heavy atom. The molecule has 0 atom stereocenters. The largest absolute Gasteiger partial charge is 0.455 e. The van der Waals surface area contributed by atoms with Crippen LogP contribution in [0.2, 0.25) is 0 Å². The van der Waals surface area contributed by atoms with Crippen LogP contribution in [0.4, 0.5) is 17.1 Å². The van der Waals surface area contributed by atoms with Gasteiger partial charge in [-0.1, -0.05) is 182 Å². The van der Waals surface area contributed by atoms with Gasteiger partial charge in [-0.25, -0.2) is 0 Å². The van der Waals surface area contributed by atoms with Gasteiger partial charge in [0, 0.05) is 33.4 Å². The summed E-state index contributed by atoms with van der Waals surface area (Å²) < 4.78 is 6.54. The third-order valence-corrected chi connectivity index (χ3v) is 11.4. The van der Waals surface area contributed by atoms with Gasteiger partial charge in [0.15, 0.2) is 0 Å². The van der Waals surface area contributed by atoms with E-state index < -0.39 is 0 Å². The fraction of sp³-hybridized carbons (Fsp3) is 0. The van der Waals surface area contributed by atoms with Crippen LogP contribution in [0.1, 0.15) is 0 Å². The second-order valence-corrected chi connectivity index (χ2v) is 14.8. The van der Waals surface area contributed by atoms with Gasteiger partial charge >= 0.3 is 0 Å². The van der Waals surface area contributed by atoms with Gasteiger partial charge in [-0.15, -0.1) is 0 Å². The first-order chi connectivity index (χ1) is 28.8. The van der Waals surface area contributed by atoms with E-state index >= 15 is 0 Å². The monoisotopic (exact) mass is 739 g/mol. The molecule has 0 saturated heterocycles. The van der Waals surface area contributed by atoms with Gasteiger partial charge in [-0.05, 0) is 103 Å². The minimum absolute atomic E-state index is 0.897. The molecule has 2 heteroatoms. The molecule has 0 unspecified atom stereocenters. The molecule has 0 aliphatic carbocycles. The van der Waals surface area contributed by atoms with Crippen molar-refractivity contribution in [3.63, 3.8) is 0 Å². The molecule has 0 saturated carbocycles. The third kappa shape index (κ3) is 5.74. The predicted octanol–water partition coefficient (Wildman–Crippen LogP) is 16.0. The van der Waals surface area contributed by atoms with Crippen LogP contribution >= 0.6 is 0 Å². The number of hydrogen-bond donors (Lipinski definition) is 0. The summed E-state index contributed by atoms with van der Waals surface area (Å²) in [7, 11) is 0. The predicted molar refractivity (Wildman–Crippen MR) is 245 cm³/mol. The van der Waals surface area contributed by atoms with Crippen LogP contribution in [-0.2, 0) is 0 Å². The maximum absolute atomic E-state index is 6.54. The summed E-state index contributed by atoms with van der Waals surface area (Å²) in [4.78, 5) is 2.40. The summed E-state index contributed by atoms with van der Waals surface area (Å²) in [6, 6.07) is 80.7. The zero-order valence-electron chi connectivity index (χ0n) is 31.7. The van der Waals surface area contributed by atoms with E-state index in [9.17, 15) is 0 Å². The Bertz CT molecular complexity index is 3270. The Hall–Kier alpha value is -7.68. The molecule has 272 valence electrons. The van der Waals surface area contributed by atoms with Gasteiger partial charge in [0.1, 0.15) is 11.2 Å². The number of anilines is 3. The molecule has 0 aliphatic heterocycles. The second kappa shape index (κ2) is 14.1. The Morgan fingerprint density at radius 3 is 1.47 bits per heavy atom. The first-order valence-corrected chi connectivity index (χ1v) is 19.8. The van der Waals surface area contributed by atoms with Gasteiger partial charge in [0.25, 0.3) is 0 Å². The van der Waals surface area contributed by atoms with Crippen molar-refractivity contribution in [2.75, 3.05) is 4.90 Å². The van der Waals surface area contributed by atoms with E-state index in [0.717, 1.165) is 55.7 Å². The summed E-state index contributed by atoms with van der Waals surface area (Å²) in [5, 5.41) is 7.15. The van der Waals surface area contributed by atoms with E-state index in [-0.39, 0.29) is 0 Å². The third-order valence-electron chi connectivity index (χ3n) is 11.4. The Kier molecular flexibility index (Phi) is 8.19. The summed E-state index contributed by atoms with van der Waals surface area (Å²) in [6.45, 7) is 0. The summed E-state index contributed by atoms with van der Waals surface area (Å²) >= 11 is 0. The number of furan rings is 1. The van der Waals surface area contributed by atoms with E-state index in [1.807, 2.05) is 12.1 Å². The van der Waals surface area contributed by atoms with Gasteiger partial charge in [-0.2, -0.15) is 0 Å².